The fourth-order valence-electron chi connectivity index (χ4n) is 3.72. The monoisotopic (exact) mass is 397 g/mol. The first-order valence-electron chi connectivity index (χ1n) is 9.85. The summed E-state index contributed by atoms with van der Waals surface area (Å²) in [5, 5.41) is 3.22. The molecule has 30 heavy (non-hydrogen) atoms. The summed E-state index contributed by atoms with van der Waals surface area (Å²) < 4.78 is 0. The van der Waals surface area contributed by atoms with E-state index >= 15 is 0 Å². The van der Waals surface area contributed by atoms with Crippen LogP contribution in [0.15, 0.2) is 72.7 Å². The first kappa shape index (κ1) is 19.6. The zero-order valence-corrected chi connectivity index (χ0v) is 17.3. The Morgan fingerprint density at radius 3 is 2.30 bits per heavy atom. The molecule has 1 aliphatic rings. The molecule has 0 spiro atoms. The Balaban J connectivity index is 1.79. The van der Waals surface area contributed by atoms with Crippen molar-refractivity contribution in [2.24, 2.45) is 0 Å². The van der Waals surface area contributed by atoms with Gasteiger partial charge in [0.25, 0.3) is 11.8 Å². The third kappa shape index (κ3) is 3.74. The van der Waals surface area contributed by atoms with Crippen LogP contribution < -0.4 is 5.32 Å². The highest BCUT2D eigenvalue weighted by atomic mass is 16.2. The van der Waals surface area contributed by atoms with Gasteiger partial charge in [0, 0.05) is 18.1 Å². The highest BCUT2D eigenvalue weighted by Gasteiger charge is 2.39. The molecule has 0 fully saturated rings. The largest absolute Gasteiger partial charge is 0.350 e. The molecule has 2 amide bonds. The zero-order chi connectivity index (χ0) is 21.3. The molecule has 0 saturated heterocycles. The molecule has 150 valence electrons. The predicted octanol–water partition coefficient (Wildman–Crippen LogP) is 4.40. The number of hydrogen-bond donors (Lipinski definition) is 1. The lowest BCUT2D eigenvalue weighted by molar-refractivity contribution is -0.137. The first-order chi connectivity index (χ1) is 14.4. The molecule has 0 saturated carbocycles. The van der Waals surface area contributed by atoms with E-state index < -0.39 is 0 Å². The number of carbonyl (C=O) groups is 2. The van der Waals surface area contributed by atoms with Crippen LogP contribution in [0.2, 0.25) is 0 Å². The molecule has 0 aliphatic carbocycles. The van der Waals surface area contributed by atoms with Crippen molar-refractivity contribution in [1.82, 2.24) is 9.88 Å². The lowest BCUT2D eigenvalue weighted by atomic mass is 9.97. The second kappa shape index (κ2) is 7.95. The first-order valence-corrected chi connectivity index (χ1v) is 9.85. The summed E-state index contributed by atoms with van der Waals surface area (Å²) in [7, 11) is 0. The van der Waals surface area contributed by atoms with Gasteiger partial charge in [-0.05, 0) is 67.3 Å². The number of carbonyl (C=O) groups excluding carboxylic acids is 2. The minimum atomic E-state index is -0.326. The van der Waals surface area contributed by atoms with Crippen molar-refractivity contribution in [3.8, 4) is 0 Å². The van der Waals surface area contributed by atoms with Gasteiger partial charge in [-0.3, -0.25) is 19.5 Å². The second-order valence-electron chi connectivity index (χ2n) is 7.61. The van der Waals surface area contributed by atoms with Gasteiger partial charge in [0.15, 0.2) is 0 Å². The summed E-state index contributed by atoms with van der Waals surface area (Å²) in [4.78, 5) is 32.1. The molecule has 1 aromatic heterocycles. The Bertz CT molecular complexity index is 1170. The summed E-state index contributed by atoms with van der Waals surface area (Å²) in [6.45, 7) is 6.16. The molecule has 0 bridgehead atoms. The molecule has 0 unspecified atom stereocenters. The van der Waals surface area contributed by atoms with Crippen LogP contribution in [0.1, 0.15) is 27.8 Å². The number of hydrogen-bond acceptors (Lipinski definition) is 4. The SMILES string of the molecule is Cc1cccc(NC2=C(c3ccc(C)cc3C)C(=O)N(Cc3ccncc3)C2=O)c1. The lowest BCUT2D eigenvalue weighted by Crippen LogP contribution is -2.32. The number of benzene rings is 2. The molecule has 2 aromatic carbocycles. The third-order valence-corrected chi connectivity index (χ3v) is 5.20. The highest BCUT2D eigenvalue weighted by Crippen LogP contribution is 2.33. The van der Waals surface area contributed by atoms with Gasteiger partial charge in [-0.15, -0.1) is 0 Å². The summed E-state index contributed by atoms with van der Waals surface area (Å²) in [6, 6.07) is 17.3. The average molecular weight is 397 g/mol. The molecule has 1 aliphatic heterocycles. The van der Waals surface area contributed by atoms with E-state index in [1.54, 1.807) is 12.4 Å². The number of pyridine rings is 1. The van der Waals surface area contributed by atoms with Gasteiger partial charge in [0.2, 0.25) is 0 Å². The molecule has 0 radical (unpaired) electrons. The van der Waals surface area contributed by atoms with Crippen molar-refractivity contribution >= 4 is 23.1 Å². The topological polar surface area (TPSA) is 62.3 Å². The van der Waals surface area contributed by atoms with Crippen LogP contribution in [-0.4, -0.2) is 21.7 Å². The van der Waals surface area contributed by atoms with Crippen LogP contribution in [0.3, 0.4) is 0 Å². The van der Waals surface area contributed by atoms with Crippen LogP contribution in [-0.2, 0) is 16.1 Å². The van der Waals surface area contributed by atoms with Crippen molar-refractivity contribution in [1.29, 1.82) is 0 Å². The van der Waals surface area contributed by atoms with Gasteiger partial charge in [-0.25, -0.2) is 0 Å². The minimum Gasteiger partial charge on any atom is -0.350 e. The number of aromatic nitrogens is 1. The maximum Gasteiger partial charge on any atom is 0.278 e. The highest BCUT2D eigenvalue weighted by molar-refractivity contribution is 6.36. The van der Waals surface area contributed by atoms with Crippen molar-refractivity contribution in [3.05, 3.63) is 101 Å². The van der Waals surface area contributed by atoms with E-state index in [4.69, 9.17) is 0 Å². The van der Waals surface area contributed by atoms with E-state index in [2.05, 4.69) is 10.3 Å². The number of amides is 2. The fraction of sp³-hybridized carbons (Fsp3) is 0.160. The molecule has 0 atom stereocenters. The van der Waals surface area contributed by atoms with Gasteiger partial charge in [-0.1, -0.05) is 35.9 Å². The van der Waals surface area contributed by atoms with Crippen LogP contribution in [0.5, 0.6) is 0 Å². The number of rotatable bonds is 5. The minimum absolute atomic E-state index is 0.202. The Labute approximate surface area is 176 Å². The lowest BCUT2D eigenvalue weighted by Gasteiger charge is -2.15. The Morgan fingerprint density at radius 2 is 1.60 bits per heavy atom. The summed E-state index contributed by atoms with van der Waals surface area (Å²) in [5.41, 5.74) is 6.25. The molecular weight excluding hydrogens is 374 g/mol. The number of aryl methyl sites for hydroxylation is 3. The molecule has 2 heterocycles. The number of anilines is 1. The van der Waals surface area contributed by atoms with Gasteiger partial charge < -0.3 is 5.32 Å². The summed E-state index contributed by atoms with van der Waals surface area (Å²) in [6.07, 6.45) is 3.31. The maximum atomic E-state index is 13.4. The van der Waals surface area contributed by atoms with E-state index in [1.165, 1.54) is 4.90 Å². The van der Waals surface area contributed by atoms with E-state index in [0.29, 0.717) is 11.3 Å². The Morgan fingerprint density at radius 1 is 0.867 bits per heavy atom. The molecular formula is C25H23N3O2. The second-order valence-corrected chi connectivity index (χ2v) is 7.61. The van der Waals surface area contributed by atoms with Crippen LogP contribution in [0, 0.1) is 20.8 Å². The smallest absolute Gasteiger partial charge is 0.278 e. The van der Waals surface area contributed by atoms with E-state index in [9.17, 15) is 9.59 Å². The summed E-state index contributed by atoms with van der Waals surface area (Å²) in [5.74, 6) is -0.618. The fourth-order valence-corrected chi connectivity index (χ4v) is 3.72. The summed E-state index contributed by atoms with van der Waals surface area (Å²) >= 11 is 0. The van der Waals surface area contributed by atoms with E-state index in [0.717, 1.165) is 33.5 Å². The maximum absolute atomic E-state index is 13.4. The van der Waals surface area contributed by atoms with Gasteiger partial charge in [0.05, 0.1) is 12.1 Å². The van der Waals surface area contributed by atoms with Gasteiger partial charge in [0.1, 0.15) is 5.70 Å². The van der Waals surface area contributed by atoms with Crippen LogP contribution in [0.4, 0.5) is 5.69 Å². The van der Waals surface area contributed by atoms with Crippen LogP contribution in [0.25, 0.3) is 5.57 Å². The Kier molecular flexibility index (Phi) is 5.19. The van der Waals surface area contributed by atoms with E-state index in [1.807, 2.05) is 75.4 Å². The molecule has 3 aromatic rings. The Hall–Kier alpha value is -3.73. The number of nitrogens with zero attached hydrogens (tertiary/aromatic N) is 2. The van der Waals surface area contributed by atoms with Gasteiger partial charge >= 0.3 is 0 Å². The van der Waals surface area contributed by atoms with Crippen molar-refractivity contribution in [3.63, 3.8) is 0 Å². The van der Waals surface area contributed by atoms with E-state index in [-0.39, 0.29) is 18.4 Å². The van der Waals surface area contributed by atoms with Crippen molar-refractivity contribution in [2.45, 2.75) is 27.3 Å². The van der Waals surface area contributed by atoms with Gasteiger partial charge in [-0.2, -0.15) is 0 Å². The van der Waals surface area contributed by atoms with Crippen molar-refractivity contribution < 1.29 is 9.59 Å². The average Bonchev–Trinajstić information content (AvgIpc) is 2.93. The normalized spacial score (nSPS) is 13.9. The molecule has 5 heteroatoms. The molecule has 1 N–H and O–H groups in total. The standard InChI is InChI=1S/C25H23N3O2/c1-16-5-4-6-20(14-16)27-23-22(21-8-7-17(2)13-18(21)3)24(29)28(25(23)30)15-19-9-11-26-12-10-19/h4-14,27H,15H2,1-3H3. The quantitative estimate of drug-likeness (QED) is 0.648. The molecule has 5 nitrogen and oxygen atoms in total. The number of imide groups is 1. The predicted molar refractivity (Wildman–Crippen MR) is 117 cm³/mol. The van der Waals surface area contributed by atoms with Crippen molar-refractivity contribution in [2.75, 3.05) is 5.32 Å². The number of nitrogens with one attached hydrogen (secondary N) is 1. The molecule has 4 rings (SSSR count). The van der Waals surface area contributed by atoms with Crippen LogP contribution >= 0.6 is 0 Å². The third-order valence-electron chi connectivity index (χ3n) is 5.20. The zero-order valence-electron chi connectivity index (χ0n) is 17.3.